The Hall–Kier alpha value is -2.53. The van der Waals surface area contributed by atoms with E-state index in [1.54, 1.807) is 7.11 Å². The lowest BCUT2D eigenvalue weighted by molar-refractivity contribution is -0.132. The smallest absolute Gasteiger partial charge is 0.244 e. The molecule has 2 aromatic rings. The molecule has 1 saturated heterocycles. The highest BCUT2D eigenvalue weighted by atomic mass is 16.5. The van der Waals surface area contributed by atoms with Gasteiger partial charge < -0.3 is 14.5 Å². The maximum absolute atomic E-state index is 13.2. The van der Waals surface area contributed by atoms with Crippen LogP contribution >= 0.6 is 0 Å². The monoisotopic (exact) mass is 381 g/mol. The first-order valence-electron chi connectivity index (χ1n) is 9.70. The Balaban J connectivity index is 1.83. The molecule has 0 aromatic heterocycles. The molecule has 0 aliphatic carbocycles. The largest absolute Gasteiger partial charge is 0.497 e. The van der Waals surface area contributed by atoms with Crippen molar-refractivity contribution in [3.63, 3.8) is 0 Å². The summed E-state index contributed by atoms with van der Waals surface area (Å²) in [5, 5.41) is 0. The highest BCUT2D eigenvalue weighted by molar-refractivity contribution is 5.88. The SMILES string of the molecule is COc1ccc(CCN2C(=O)C(C)(C)N(C)C2c2ccc(N(C)C)cc2)cc1. The topological polar surface area (TPSA) is 36.0 Å². The van der Waals surface area contributed by atoms with Gasteiger partial charge in [0.05, 0.1) is 12.6 Å². The molecule has 1 amide bonds. The molecule has 1 atom stereocenters. The van der Waals surface area contributed by atoms with Crippen molar-refractivity contribution in [1.82, 2.24) is 9.80 Å². The molecule has 1 heterocycles. The summed E-state index contributed by atoms with van der Waals surface area (Å²) in [5.41, 5.74) is 2.97. The van der Waals surface area contributed by atoms with Gasteiger partial charge in [-0.3, -0.25) is 9.69 Å². The Labute approximate surface area is 168 Å². The average Bonchev–Trinajstić information content (AvgIpc) is 2.86. The summed E-state index contributed by atoms with van der Waals surface area (Å²) in [4.78, 5) is 19.4. The van der Waals surface area contributed by atoms with Crippen LogP contribution in [0.3, 0.4) is 0 Å². The maximum Gasteiger partial charge on any atom is 0.244 e. The van der Waals surface area contributed by atoms with Gasteiger partial charge in [0.15, 0.2) is 0 Å². The third-order valence-corrected chi connectivity index (χ3v) is 5.84. The van der Waals surface area contributed by atoms with Crippen molar-refractivity contribution in [2.45, 2.75) is 32.0 Å². The number of likely N-dealkylation sites (N-methyl/N-ethyl adjacent to an activating group) is 1. The molecule has 0 N–H and O–H groups in total. The summed E-state index contributed by atoms with van der Waals surface area (Å²) in [6.45, 7) is 4.69. The molecule has 1 aliphatic rings. The van der Waals surface area contributed by atoms with Gasteiger partial charge in [0, 0.05) is 26.3 Å². The molecule has 3 rings (SSSR count). The third kappa shape index (κ3) is 3.72. The lowest BCUT2D eigenvalue weighted by Gasteiger charge is -2.31. The molecule has 1 aliphatic heterocycles. The van der Waals surface area contributed by atoms with Gasteiger partial charge in [-0.2, -0.15) is 0 Å². The minimum absolute atomic E-state index is 0.0584. The quantitative estimate of drug-likeness (QED) is 0.767. The third-order valence-electron chi connectivity index (χ3n) is 5.84. The number of benzene rings is 2. The second-order valence-electron chi connectivity index (χ2n) is 8.13. The molecule has 0 bridgehead atoms. The predicted octanol–water partition coefficient (Wildman–Crippen LogP) is 3.56. The van der Waals surface area contributed by atoms with Crippen LogP contribution in [0.25, 0.3) is 0 Å². The van der Waals surface area contributed by atoms with Crippen LogP contribution in [-0.4, -0.2) is 56.0 Å². The van der Waals surface area contributed by atoms with E-state index in [2.05, 4.69) is 46.2 Å². The molecule has 0 spiro atoms. The van der Waals surface area contributed by atoms with Crippen LogP contribution in [-0.2, 0) is 11.2 Å². The van der Waals surface area contributed by atoms with E-state index in [1.165, 1.54) is 5.56 Å². The number of anilines is 1. The van der Waals surface area contributed by atoms with Crippen LogP contribution in [0.1, 0.15) is 31.1 Å². The second kappa shape index (κ2) is 7.84. The predicted molar refractivity (Wildman–Crippen MR) is 114 cm³/mol. The Kier molecular flexibility index (Phi) is 5.66. The summed E-state index contributed by atoms with van der Waals surface area (Å²) in [6, 6.07) is 16.5. The van der Waals surface area contributed by atoms with Crippen molar-refractivity contribution in [2.75, 3.05) is 39.7 Å². The van der Waals surface area contributed by atoms with Gasteiger partial charge in [0.1, 0.15) is 11.9 Å². The first kappa shape index (κ1) is 20.2. The van der Waals surface area contributed by atoms with Crippen molar-refractivity contribution in [3.8, 4) is 5.75 Å². The lowest BCUT2D eigenvalue weighted by atomic mass is 10.0. The number of amides is 1. The second-order valence-corrected chi connectivity index (χ2v) is 8.13. The van der Waals surface area contributed by atoms with E-state index in [1.807, 2.05) is 52.0 Å². The van der Waals surface area contributed by atoms with E-state index in [0.29, 0.717) is 6.54 Å². The minimum Gasteiger partial charge on any atom is -0.497 e. The van der Waals surface area contributed by atoms with E-state index >= 15 is 0 Å². The molecule has 0 saturated carbocycles. The summed E-state index contributed by atoms with van der Waals surface area (Å²) < 4.78 is 5.23. The zero-order valence-electron chi connectivity index (χ0n) is 17.8. The van der Waals surface area contributed by atoms with Gasteiger partial charge in [-0.25, -0.2) is 0 Å². The molecule has 5 heteroatoms. The summed E-state index contributed by atoms with van der Waals surface area (Å²) in [7, 11) is 7.77. The number of hydrogen-bond acceptors (Lipinski definition) is 4. The number of ether oxygens (including phenoxy) is 1. The van der Waals surface area contributed by atoms with Gasteiger partial charge in [-0.05, 0) is 62.7 Å². The minimum atomic E-state index is -0.523. The molecule has 2 aromatic carbocycles. The molecule has 1 unspecified atom stereocenters. The average molecular weight is 382 g/mol. The van der Waals surface area contributed by atoms with Crippen molar-refractivity contribution in [1.29, 1.82) is 0 Å². The number of hydrogen-bond donors (Lipinski definition) is 0. The van der Waals surface area contributed by atoms with E-state index in [0.717, 1.165) is 23.4 Å². The first-order valence-corrected chi connectivity index (χ1v) is 9.70. The number of carbonyl (C=O) groups is 1. The standard InChI is InChI=1S/C23H31N3O2/c1-23(2)22(27)26(16-15-17-7-13-20(28-6)14-8-17)21(25(23)5)18-9-11-19(12-10-18)24(3)4/h7-14,21H,15-16H2,1-6H3. The van der Waals surface area contributed by atoms with Gasteiger partial charge in [0.25, 0.3) is 0 Å². The Morgan fingerprint density at radius 2 is 1.64 bits per heavy atom. The molecular formula is C23H31N3O2. The number of rotatable bonds is 6. The molecule has 5 nitrogen and oxygen atoms in total. The van der Waals surface area contributed by atoms with Crippen molar-refractivity contribution in [2.24, 2.45) is 0 Å². The number of nitrogens with zero attached hydrogens (tertiary/aromatic N) is 3. The van der Waals surface area contributed by atoms with Gasteiger partial charge in [0.2, 0.25) is 5.91 Å². The zero-order chi connectivity index (χ0) is 20.5. The Morgan fingerprint density at radius 1 is 1.04 bits per heavy atom. The van der Waals surface area contributed by atoms with Crippen LogP contribution in [0, 0.1) is 0 Å². The Bertz CT molecular complexity index is 813. The fraction of sp³-hybridized carbons (Fsp3) is 0.435. The Morgan fingerprint density at radius 3 is 2.18 bits per heavy atom. The van der Waals surface area contributed by atoms with Crippen LogP contribution in [0.4, 0.5) is 5.69 Å². The van der Waals surface area contributed by atoms with E-state index < -0.39 is 5.54 Å². The van der Waals surface area contributed by atoms with E-state index in [4.69, 9.17) is 4.74 Å². The van der Waals surface area contributed by atoms with Crippen molar-refractivity contribution in [3.05, 3.63) is 59.7 Å². The van der Waals surface area contributed by atoms with E-state index in [-0.39, 0.29) is 12.1 Å². The lowest BCUT2D eigenvalue weighted by Crippen LogP contribution is -2.41. The summed E-state index contributed by atoms with van der Waals surface area (Å²) in [5.74, 6) is 1.02. The maximum atomic E-state index is 13.2. The number of methoxy groups -OCH3 is 1. The number of carbonyl (C=O) groups excluding carboxylic acids is 1. The van der Waals surface area contributed by atoms with Gasteiger partial charge in [-0.1, -0.05) is 24.3 Å². The van der Waals surface area contributed by atoms with Gasteiger partial charge >= 0.3 is 0 Å². The van der Waals surface area contributed by atoms with Crippen LogP contribution in [0.15, 0.2) is 48.5 Å². The molecule has 0 radical (unpaired) electrons. The molecule has 28 heavy (non-hydrogen) atoms. The fourth-order valence-electron chi connectivity index (χ4n) is 3.74. The van der Waals surface area contributed by atoms with Crippen molar-refractivity contribution < 1.29 is 9.53 Å². The van der Waals surface area contributed by atoms with Gasteiger partial charge in [-0.15, -0.1) is 0 Å². The van der Waals surface area contributed by atoms with Crippen molar-refractivity contribution >= 4 is 11.6 Å². The summed E-state index contributed by atoms with van der Waals surface area (Å²) >= 11 is 0. The summed E-state index contributed by atoms with van der Waals surface area (Å²) in [6.07, 6.45) is 0.753. The molecular weight excluding hydrogens is 350 g/mol. The normalized spacial score (nSPS) is 19.1. The van der Waals surface area contributed by atoms with Crippen LogP contribution < -0.4 is 9.64 Å². The highest BCUT2D eigenvalue weighted by Crippen LogP contribution is 2.39. The fourth-order valence-corrected chi connectivity index (χ4v) is 3.74. The van der Waals surface area contributed by atoms with Crippen LogP contribution in [0.2, 0.25) is 0 Å². The molecule has 1 fully saturated rings. The molecule has 150 valence electrons. The first-order chi connectivity index (χ1) is 13.3. The zero-order valence-corrected chi connectivity index (χ0v) is 17.8. The van der Waals surface area contributed by atoms with E-state index in [9.17, 15) is 4.79 Å². The highest BCUT2D eigenvalue weighted by Gasteiger charge is 2.49. The van der Waals surface area contributed by atoms with Crippen LogP contribution in [0.5, 0.6) is 5.75 Å².